The Morgan fingerprint density at radius 3 is 2.68 bits per heavy atom. The molecule has 0 aliphatic carbocycles. The van der Waals surface area contributed by atoms with Crippen molar-refractivity contribution >= 4 is 12.1 Å². The molecule has 1 aliphatic rings. The summed E-state index contributed by atoms with van der Waals surface area (Å²) in [5.74, 6) is 0.845. The van der Waals surface area contributed by atoms with E-state index < -0.39 is 11.7 Å². The molecule has 0 radical (unpaired) electrons. The van der Waals surface area contributed by atoms with Gasteiger partial charge in [0.2, 0.25) is 0 Å². The number of carbonyl (C=O) groups is 1. The van der Waals surface area contributed by atoms with Gasteiger partial charge in [-0.05, 0) is 31.9 Å². The van der Waals surface area contributed by atoms with E-state index >= 15 is 0 Å². The SMILES string of the molecule is CC(C)(C)OC(=O)NCc1cccc(CNC2=NCCN2)c1. The molecular formula is C16H24N4O2. The molecule has 0 atom stereocenters. The zero-order chi connectivity index (χ0) is 16.0. The topological polar surface area (TPSA) is 74.8 Å². The summed E-state index contributed by atoms with van der Waals surface area (Å²) in [6, 6.07) is 8.05. The normalized spacial score (nSPS) is 14.0. The molecule has 0 saturated carbocycles. The maximum atomic E-state index is 11.6. The first-order chi connectivity index (χ1) is 10.4. The lowest BCUT2D eigenvalue weighted by Gasteiger charge is -2.19. The standard InChI is InChI=1S/C16H24N4O2/c1-16(2,3)22-15(21)20-11-13-6-4-5-12(9-13)10-19-14-17-7-8-18-14/h4-6,9H,7-8,10-11H2,1-3H3,(H,20,21)(H2,17,18,19). The van der Waals surface area contributed by atoms with E-state index in [4.69, 9.17) is 4.74 Å². The number of nitrogens with one attached hydrogen (secondary N) is 3. The Bertz CT molecular complexity index is 549. The molecular weight excluding hydrogens is 280 g/mol. The van der Waals surface area contributed by atoms with Gasteiger partial charge >= 0.3 is 6.09 Å². The minimum Gasteiger partial charge on any atom is -0.444 e. The Kier molecular flexibility index (Phi) is 5.25. The number of carbonyl (C=O) groups excluding carboxylic acids is 1. The molecule has 0 spiro atoms. The summed E-state index contributed by atoms with van der Waals surface area (Å²) in [5, 5.41) is 9.18. The zero-order valence-corrected chi connectivity index (χ0v) is 13.4. The van der Waals surface area contributed by atoms with Crippen LogP contribution in [-0.2, 0) is 17.8 Å². The van der Waals surface area contributed by atoms with Gasteiger partial charge in [-0.25, -0.2) is 4.79 Å². The van der Waals surface area contributed by atoms with Crippen LogP contribution in [0.5, 0.6) is 0 Å². The van der Waals surface area contributed by atoms with Crippen LogP contribution in [0.15, 0.2) is 29.3 Å². The quantitative estimate of drug-likeness (QED) is 0.792. The number of hydrogen-bond donors (Lipinski definition) is 3. The van der Waals surface area contributed by atoms with Crippen molar-refractivity contribution in [2.45, 2.75) is 39.5 Å². The van der Waals surface area contributed by atoms with Crippen LogP contribution < -0.4 is 16.0 Å². The Hall–Kier alpha value is -2.24. The minimum absolute atomic E-state index is 0.402. The van der Waals surface area contributed by atoms with E-state index in [1.807, 2.05) is 39.0 Å². The van der Waals surface area contributed by atoms with Crippen molar-refractivity contribution in [3.63, 3.8) is 0 Å². The van der Waals surface area contributed by atoms with Gasteiger partial charge in [0.25, 0.3) is 0 Å². The van der Waals surface area contributed by atoms with Crippen molar-refractivity contribution < 1.29 is 9.53 Å². The minimum atomic E-state index is -0.481. The number of ether oxygens (including phenoxy) is 1. The van der Waals surface area contributed by atoms with Crippen LogP contribution in [0.2, 0.25) is 0 Å². The van der Waals surface area contributed by atoms with Gasteiger partial charge < -0.3 is 20.7 Å². The molecule has 3 N–H and O–H groups in total. The Morgan fingerprint density at radius 1 is 1.32 bits per heavy atom. The van der Waals surface area contributed by atoms with Crippen LogP contribution in [0.3, 0.4) is 0 Å². The van der Waals surface area contributed by atoms with Gasteiger partial charge in [-0.3, -0.25) is 4.99 Å². The van der Waals surface area contributed by atoms with Crippen molar-refractivity contribution in [1.29, 1.82) is 0 Å². The number of guanidine groups is 1. The van der Waals surface area contributed by atoms with Gasteiger partial charge in [0.1, 0.15) is 5.60 Å². The number of nitrogens with zero attached hydrogens (tertiary/aromatic N) is 1. The van der Waals surface area contributed by atoms with Crippen molar-refractivity contribution in [2.75, 3.05) is 13.1 Å². The molecule has 1 amide bonds. The maximum Gasteiger partial charge on any atom is 0.407 e. The van der Waals surface area contributed by atoms with Gasteiger partial charge in [-0.2, -0.15) is 0 Å². The third-order valence-electron chi connectivity index (χ3n) is 2.96. The van der Waals surface area contributed by atoms with Crippen LogP contribution in [0, 0.1) is 0 Å². The summed E-state index contributed by atoms with van der Waals surface area (Å²) >= 11 is 0. The molecule has 0 aromatic heterocycles. The second kappa shape index (κ2) is 7.15. The molecule has 1 aromatic rings. The second-order valence-corrected chi connectivity index (χ2v) is 6.19. The molecule has 1 aliphatic heterocycles. The van der Waals surface area contributed by atoms with Crippen LogP contribution in [0.1, 0.15) is 31.9 Å². The Balaban J connectivity index is 1.81. The van der Waals surface area contributed by atoms with Gasteiger partial charge in [0, 0.05) is 19.6 Å². The lowest BCUT2D eigenvalue weighted by molar-refractivity contribution is 0.0523. The fraction of sp³-hybridized carbons (Fsp3) is 0.500. The van der Waals surface area contributed by atoms with Gasteiger partial charge in [0.05, 0.1) is 6.54 Å². The second-order valence-electron chi connectivity index (χ2n) is 6.19. The van der Waals surface area contributed by atoms with Gasteiger partial charge in [-0.1, -0.05) is 24.3 Å². The first-order valence-electron chi connectivity index (χ1n) is 7.49. The molecule has 0 unspecified atom stereocenters. The third kappa shape index (κ3) is 5.63. The van der Waals surface area contributed by atoms with Crippen LogP contribution in [0.25, 0.3) is 0 Å². The molecule has 0 fully saturated rings. The van der Waals surface area contributed by atoms with Crippen LogP contribution in [0.4, 0.5) is 4.79 Å². The summed E-state index contributed by atoms with van der Waals surface area (Å²) in [6.07, 6.45) is -0.402. The molecule has 0 bridgehead atoms. The molecule has 0 saturated heterocycles. The van der Waals surface area contributed by atoms with Crippen molar-refractivity contribution in [2.24, 2.45) is 4.99 Å². The average molecular weight is 304 g/mol. The lowest BCUT2D eigenvalue weighted by Crippen LogP contribution is -2.33. The van der Waals surface area contributed by atoms with E-state index in [0.29, 0.717) is 13.1 Å². The highest BCUT2D eigenvalue weighted by Gasteiger charge is 2.15. The van der Waals surface area contributed by atoms with Gasteiger partial charge in [0.15, 0.2) is 5.96 Å². The molecule has 6 nitrogen and oxygen atoms in total. The molecule has 22 heavy (non-hydrogen) atoms. The van der Waals surface area contributed by atoms with E-state index in [-0.39, 0.29) is 0 Å². The van der Waals surface area contributed by atoms with E-state index in [0.717, 1.165) is 30.2 Å². The monoisotopic (exact) mass is 304 g/mol. The molecule has 1 aromatic carbocycles. The largest absolute Gasteiger partial charge is 0.444 e. The summed E-state index contributed by atoms with van der Waals surface area (Å²) < 4.78 is 5.22. The molecule has 1 heterocycles. The van der Waals surface area contributed by atoms with Crippen LogP contribution in [-0.4, -0.2) is 30.7 Å². The highest BCUT2D eigenvalue weighted by molar-refractivity contribution is 5.81. The zero-order valence-electron chi connectivity index (χ0n) is 13.4. The summed E-state index contributed by atoms with van der Waals surface area (Å²) in [6.45, 7) is 8.40. The third-order valence-corrected chi connectivity index (χ3v) is 2.96. The van der Waals surface area contributed by atoms with E-state index in [1.54, 1.807) is 0 Å². The number of alkyl carbamates (subject to hydrolysis) is 1. The first-order valence-corrected chi connectivity index (χ1v) is 7.49. The van der Waals surface area contributed by atoms with E-state index in [9.17, 15) is 4.79 Å². The fourth-order valence-electron chi connectivity index (χ4n) is 2.04. The molecule has 2 rings (SSSR count). The fourth-order valence-corrected chi connectivity index (χ4v) is 2.04. The first kappa shape index (κ1) is 16.1. The predicted octanol–water partition coefficient (Wildman–Crippen LogP) is 1.76. The van der Waals surface area contributed by atoms with Gasteiger partial charge in [-0.15, -0.1) is 0 Å². The highest BCUT2D eigenvalue weighted by Crippen LogP contribution is 2.08. The lowest BCUT2D eigenvalue weighted by atomic mass is 10.1. The Morgan fingerprint density at radius 2 is 2.05 bits per heavy atom. The van der Waals surface area contributed by atoms with Crippen molar-refractivity contribution in [3.05, 3.63) is 35.4 Å². The average Bonchev–Trinajstić information content (AvgIpc) is 2.95. The summed E-state index contributed by atoms with van der Waals surface area (Å²) in [4.78, 5) is 15.9. The predicted molar refractivity (Wildman–Crippen MR) is 86.7 cm³/mol. The maximum absolute atomic E-state index is 11.6. The number of aliphatic imine (C=N–C) groups is 1. The summed E-state index contributed by atoms with van der Waals surface area (Å²) in [7, 11) is 0. The molecule has 6 heteroatoms. The highest BCUT2D eigenvalue weighted by atomic mass is 16.6. The van der Waals surface area contributed by atoms with Crippen molar-refractivity contribution in [1.82, 2.24) is 16.0 Å². The van der Waals surface area contributed by atoms with E-state index in [2.05, 4.69) is 27.0 Å². The number of hydrogen-bond acceptors (Lipinski definition) is 5. The number of rotatable bonds is 4. The Labute approximate surface area is 131 Å². The smallest absolute Gasteiger partial charge is 0.407 e. The van der Waals surface area contributed by atoms with E-state index in [1.165, 1.54) is 0 Å². The number of benzene rings is 1. The number of amides is 1. The van der Waals surface area contributed by atoms with Crippen LogP contribution >= 0.6 is 0 Å². The summed E-state index contributed by atoms with van der Waals surface area (Å²) in [5.41, 5.74) is 1.69. The van der Waals surface area contributed by atoms with Crippen molar-refractivity contribution in [3.8, 4) is 0 Å². The molecule has 120 valence electrons.